The Morgan fingerprint density at radius 1 is 1.00 bits per heavy atom. The molecule has 0 aliphatic carbocycles. The number of carbonyl (C=O) groups is 2. The number of hydrogen-bond donors (Lipinski definition) is 6. The highest BCUT2D eigenvalue weighted by atomic mass is 16.7. The van der Waals surface area contributed by atoms with Crippen LogP contribution in [-0.4, -0.2) is 112 Å². The molecule has 12 heteroatoms. The number of nitrogens with one attached hydrogen (secondary N) is 1. The highest BCUT2D eigenvalue weighted by Crippen LogP contribution is 2.31. The van der Waals surface area contributed by atoms with Crippen LogP contribution in [-0.2, 0) is 28.5 Å². The second-order valence-electron chi connectivity index (χ2n) is 7.29. The van der Waals surface area contributed by atoms with Crippen LogP contribution in [0, 0.1) is 0 Å². The number of ether oxygens (including phenoxy) is 4. The van der Waals surface area contributed by atoms with Gasteiger partial charge in [-0.25, -0.2) is 4.79 Å². The minimum absolute atomic E-state index is 0.0761. The predicted octanol–water partition coefficient (Wildman–Crippen LogP) is -2.66. The molecule has 6 N–H and O–H groups in total. The fourth-order valence-electron chi connectivity index (χ4n) is 3.78. The second-order valence-corrected chi connectivity index (χ2v) is 7.29. The molecule has 0 saturated carbocycles. The maximum atomic E-state index is 11.7. The molecule has 2 aliphatic heterocycles. The van der Waals surface area contributed by atoms with Gasteiger partial charge in [-0.2, -0.15) is 0 Å². The zero-order valence-electron chi connectivity index (χ0n) is 17.1. The number of amides is 1. The molecule has 30 heavy (non-hydrogen) atoms. The fraction of sp³-hybridized carbons (Fsp3) is 0.889. The average molecular weight is 437 g/mol. The van der Waals surface area contributed by atoms with Gasteiger partial charge in [0.2, 0.25) is 5.91 Å². The summed E-state index contributed by atoms with van der Waals surface area (Å²) in [7, 11) is 0. The number of aliphatic carboxylic acids is 1. The molecule has 2 rings (SSSR count). The molecule has 0 bridgehead atoms. The topological polar surface area (TPSA) is 184 Å². The summed E-state index contributed by atoms with van der Waals surface area (Å²) in [6.45, 7) is 4.16. The van der Waals surface area contributed by atoms with E-state index < -0.39 is 79.6 Å². The summed E-state index contributed by atoms with van der Waals surface area (Å²) in [4.78, 5) is 23.3. The van der Waals surface area contributed by atoms with E-state index in [0.717, 1.165) is 0 Å². The monoisotopic (exact) mass is 437 g/mol. The number of carboxylic acid groups (broad SMARTS) is 1. The van der Waals surface area contributed by atoms with Gasteiger partial charge in [0.15, 0.2) is 12.4 Å². The van der Waals surface area contributed by atoms with Gasteiger partial charge >= 0.3 is 5.97 Å². The lowest BCUT2D eigenvalue weighted by Gasteiger charge is -2.47. The first kappa shape index (κ1) is 24.9. The molecule has 0 aromatic rings. The average Bonchev–Trinajstić information content (AvgIpc) is 2.69. The maximum absolute atomic E-state index is 11.7. The quantitative estimate of drug-likeness (QED) is 0.233. The number of rotatable bonds is 8. The van der Waals surface area contributed by atoms with E-state index in [1.54, 1.807) is 13.8 Å². The van der Waals surface area contributed by atoms with Gasteiger partial charge in [0.1, 0.15) is 36.6 Å². The summed E-state index contributed by atoms with van der Waals surface area (Å²) in [6.07, 6.45) is -11.9. The van der Waals surface area contributed by atoms with Crippen molar-refractivity contribution in [2.75, 3.05) is 13.2 Å². The number of hydrogen-bond acceptors (Lipinski definition) is 10. The van der Waals surface area contributed by atoms with Gasteiger partial charge in [-0.05, 0) is 13.3 Å². The van der Waals surface area contributed by atoms with Gasteiger partial charge in [0.25, 0.3) is 0 Å². The van der Waals surface area contributed by atoms with E-state index in [1.165, 1.54) is 6.92 Å². The summed E-state index contributed by atoms with van der Waals surface area (Å²) in [6, 6.07) is -0.883. The van der Waals surface area contributed by atoms with E-state index in [2.05, 4.69) is 5.32 Å². The number of aliphatic hydroxyl groups is 4. The van der Waals surface area contributed by atoms with Gasteiger partial charge in [0.05, 0.1) is 18.8 Å². The molecule has 174 valence electrons. The van der Waals surface area contributed by atoms with Crippen molar-refractivity contribution in [1.82, 2.24) is 5.32 Å². The first-order chi connectivity index (χ1) is 14.2. The zero-order chi connectivity index (χ0) is 22.6. The lowest BCUT2D eigenvalue weighted by molar-refractivity contribution is -0.329. The molecule has 12 nitrogen and oxygen atoms in total. The molecule has 2 aliphatic rings. The van der Waals surface area contributed by atoms with Crippen molar-refractivity contribution in [3.63, 3.8) is 0 Å². The van der Waals surface area contributed by atoms with Crippen LogP contribution < -0.4 is 5.32 Å². The minimum Gasteiger partial charge on any atom is -0.479 e. The Hall–Kier alpha value is -1.38. The summed E-state index contributed by atoms with van der Waals surface area (Å²) >= 11 is 0. The summed E-state index contributed by atoms with van der Waals surface area (Å²) < 4.78 is 21.9. The van der Waals surface area contributed by atoms with E-state index in [-0.39, 0.29) is 6.61 Å². The Kier molecular flexibility index (Phi) is 8.94. The highest BCUT2D eigenvalue weighted by molar-refractivity contribution is 5.74. The molecule has 0 aromatic heterocycles. The Morgan fingerprint density at radius 2 is 1.67 bits per heavy atom. The van der Waals surface area contributed by atoms with Crippen molar-refractivity contribution in [1.29, 1.82) is 0 Å². The SMILES string of the molecule is CCO[C@@H]1C(C(=O)O)O[C@@H](O[C@@H]2C(NC(C)=O)[C@H](CC)OC(CO)[C@H]2O)C(O)[C@H]1O. The van der Waals surface area contributed by atoms with Crippen molar-refractivity contribution < 1.29 is 54.1 Å². The Labute approximate surface area is 173 Å². The Balaban J connectivity index is 2.29. The molecule has 2 saturated heterocycles. The lowest BCUT2D eigenvalue weighted by Crippen LogP contribution is -2.68. The first-order valence-electron chi connectivity index (χ1n) is 9.89. The summed E-state index contributed by atoms with van der Waals surface area (Å²) in [5, 5.41) is 53.0. The molecular weight excluding hydrogens is 406 g/mol. The molecule has 4 unspecified atom stereocenters. The Morgan fingerprint density at radius 3 is 2.17 bits per heavy atom. The van der Waals surface area contributed by atoms with Crippen molar-refractivity contribution in [3.8, 4) is 0 Å². The summed E-state index contributed by atoms with van der Waals surface area (Å²) in [5.41, 5.74) is 0. The molecule has 10 atom stereocenters. The third-order valence-electron chi connectivity index (χ3n) is 5.21. The number of carbonyl (C=O) groups excluding carboxylic acids is 1. The third kappa shape index (κ3) is 5.26. The molecule has 0 aromatic carbocycles. The van der Waals surface area contributed by atoms with E-state index >= 15 is 0 Å². The predicted molar refractivity (Wildman–Crippen MR) is 98.2 cm³/mol. The van der Waals surface area contributed by atoms with Crippen molar-refractivity contribution in [3.05, 3.63) is 0 Å². The molecule has 1 amide bonds. The zero-order valence-corrected chi connectivity index (χ0v) is 17.1. The van der Waals surface area contributed by atoms with Gasteiger partial charge in [-0.1, -0.05) is 6.92 Å². The van der Waals surface area contributed by atoms with Crippen LogP contribution in [0.15, 0.2) is 0 Å². The standard InChI is InChI=1S/C18H31NO11/c1-4-8-10(19-7(3)21)14(11(22)9(6-20)28-8)29-18-13(24)12(23)15(27-5-2)16(30-18)17(25)26/h8-16,18,20,22-24H,4-6H2,1-3H3,(H,19,21)(H,25,26)/t8-,9?,10?,11+,12+,13?,14+,15-,16?,18+/m0/s1. The molecule has 2 fully saturated rings. The fourth-order valence-corrected chi connectivity index (χ4v) is 3.78. The van der Waals surface area contributed by atoms with Gasteiger partial charge in [-0.3, -0.25) is 4.79 Å². The van der Waals surface area contributed by atoms with E-state index in [4.69, 9.17) is 18.9 Å². The molecule has 0 radical (unpaired) electrons. The van der Waals surface area contributed by atoms with Crippen LogP contribution in [0.3, 0.4) is 0 Å². The third-order valence-corrected chi connectivity index (χ3v) is 5.21. The Bertz CT molecular complexity index is 590. The molecular formula is C18H31NO11. The van der Waals surface area contributed by atoms with Crippen LogP contribution in [0.2, 0.25) is 0 Å². The van der Waals surface area contributed by atoms with Crippen molar-refractivity contribution in [2.24, 2.45) is 0 Å². The van der Waals surface area contributed by atoms with Crippen LogP contribution in [0.25, 0.3) is 0 Å². The lowest BCUT2D eigenvalue weighted by atomic mass is 9.90. The smallest absolute Gasteiger partial charge is 0.335 e. The second kappa shape index (κ2) is 10.8. The minimum atomic E-state index is -1.70. The summed E-state index contributed by atoms with van der Waals surface area (Å²) in [5.74, 6) is -1.87. The highest BCUT2D eigenvalue weighted by Gasteiger charge is 2.52. The normalized spacial score (nSPS) is 42.0. The van der Waals surface area contributed by atoms with Gasteiger partial charge < -0.3 is 49.8 Å². The van der Waals surface area contributed by atoms with Crippen molar-refractivity contribution >= 4 is 11.9 Å². The van der Waals surface area contributed by atoms with E-state index in [9.17, 15) is 35.1 Å². The first-order valence-corrected chi connectivity index (χ1v) is 9.89. The van der Waals surface area contributed by atoms with Crippen molar-refractivity contribution in [2.45, 2.75) is 88.4 Å². The van der Waals surface area contributed by atoms with Crippen LogP contribution in [0.5, 0.6) is 0 Å². The van der Waals surface area contributed by atoms with Gasteiger partial charge in [-0.15, -0.1) is 0 Å². The van der Waals surface area contributed by atoms with E-state index in [0.29, 0.717) is 6.42 Å². The number of carboxylic acids is 1. The maximum Gasteiger partial charge on any atom is 0.335 e. The van der Waals surface area contributed by atoms with E-state index in [1.807, 2.05) is 0 Å². The largest absolute Gasteiger partial charge is 0.479 e. The number of aliphatic hydroxyl groups excluding tert-OH is 4. The van der Waals surface area contributed by atoms with Gasteiger partial charge in [0, 0.05) is 13.5 Å². The molecule has 2 heterocycles. The molecule has 0 spiro atoms. The van der Waals surface area contributed by atoms with Crippen LogP contribution in [0.1, 0.15) is 27.2 Å². The van der Waals surface area contributed by atoms with Crippen LogP contribution >= 0.6 is 0 Å². The van der Waals surface area contributed by atoms with Crippen LogP contribution in [0.4, 0.5) is 0 Å².